The van der Waals surface area contributed by atoms with Crippen molar-refractivity contribution in [3.05, 3.63) is 65.0 Å². The lowest BCUT2D eigenvalue weighted by atomic mass is 10.1. The summed E-state index contributed by atoms with van der Waals surface area (Å²) in [5, 5.41) is 4.88. The number of rotatable bonds is 2. The first-order chi connectivity index (χ1) is 12.3. The SMILES string of the molecule is O=c1oc2ccccc2cc1-c1cc(-c2ccc3c(c2)OCO3)no1. The topological polar surface area (TPSA) is 74.7 Å². The molecule has 0 atom stereocenters. The summed E-state index contributed by atoms with van der Waals surface area (Å²) in [5.41, 5.74) is 1.81. The van der Waals surface area contributed by atoms with Crippen molar-refractivity contribution < 1.29 is 18.4 Å². The fourth-order valence-corrected chi connectivity index (χ4v) is 2.83. The molecule has 0 spiro atoms. The lowest BCUT2D eigenvalue weighted by molar-refractivity contribution is 0.174. The summed E-state index contributed by atoms with van der Waals surface area (Å²) in [6, 6.07) is 16.3. The lowest BCUT2D eigenvalue weighted by Gasteiger charge is -1.98. The lowest BCUT2D eigenvalue weighted by Crippen LogP contribution is -2.01. The molecule has 1 aliphatic rings. The van der Waals surface area contributed by atoms with Crippen LogP contribution in [0.5, 0.6) is 11.5 Å². The van der Waals surface area contributed by atoms with Gasteiger partial charge in [-0.15, -0.1) is 0 Å². The van der Waals surface area contributed by atoms with Gasteiger partial charge in [-0.1, -0.05) is 23.4 Å². The standard InChI is InChI=1S/C19H11NO5/c21-19-13(7-12-3-1-2-4-15(12)24-19)17-9-14(20-25-17)11-5-6-16-18(8-11)23-10-22-16/h1-9H,10H2. The largest absolute Gasteiger partial charge is 0.454 e. The molecule has 4 aromatic rings. The van der Waals surface area contributed by atoms with Gasteiger partial charge in [-0.3, -0.25) is 0 Å². The van der Waals surface area contributed by atoms with Crippen molar-refractivity contribution in [1.82, 2.24) is 5.16 Å². The third-order valence-corrected chi connectivity index (χ3v) is 4.09. The number of nitrogens with zero attached hydrogens (tertiary/aromatic N) is 1. The number of benzene rings is 2. The Labute approximate surface area is 141 Å². The van der Waals surface area contributed by atoms with Crippen LogP contribution in [0.15, 0.2) is 68.3 Å². The second-order valence-corrected chi connectivity index (χ2v) is 5.63. The highest BCUT2D eigenvalue weighted by atomic mass is 16.7. The molecule has 0 N–H and O–H groups in total. The summed E-state index contributed by atoms with van der Waals surface area (Å²) in [5.74, 6) is 1.71. The Kier molecular flexibility index (Phi) is 2.90. The number of para-hydroxylation sites is 1. The molecule has 2 aromatic heterocycles. The normalized spacial score (nSPS) is 12.6. The van der Waals surface area contributed by atoms with E-state index in [4.69, 9.17) is 18.4 Å². The number of aromatic nitrogens is 1. The summed E-state index contributed by atoms with van der Waals surface area (Å²) in [4.78, 5) is 12.2. The Morgan fingerprint density at radius 3 is 2.76 bits per heavy atom. The molecule has 6 heteroatoms. The van der Waals surface area contributed by atoms with Crippen LogP contribution >= 0.6 is 0 Å². The van der Waals surface area contributed by atoms with Crippen LogP contribution in [-0.2, 0) is 0 Å². The van der Waals surface area contributed by atoms with Crippen LogP contribution in [0.3, 0.4) is 0 Å². The zero-order valence-corrected chi connectivity index (χ0v) is 12.9. The van der Waals surface area contributed by atoms with E-state index in [1.54, 1.807) is 18.2 Å². The fourth-order valence-electron chi connectivity index (χ4n) is 2.83. The van der Waals surface area contributed by atoms with Gasteiger partial charge in [0.25, 0.3) is 0 Å². The van der Waals surface area contributed by atoms with Gasteiger partial charge in [0.2, 0.25) is 6.79 Å². The Balaban J connectivity index is 1.59. The van der Waals surface area contributed by atoms with Crippen LogP contribution in [0.4, 0.5) is 0 Å². The summed E-state index contributed by atoms with van der Waals surface area (Å²) >= 11 is 0. The molecule has 0 bridgehead atoms. The maximum absolute atomic E-state index is 12.2. The molecule has 3 heterocycles. The third kappa shape index (κ3) is 2.27. The molecular formula is C19H11NO5. The van der Waals surface area contributed by atoms with E-state index in [0.717, 1.165) is 10.9 Å². The number of hydrogen-bond donors (Lipinski definition) is 0. The summed E-state index contributed by atoms with van der Waals surface area (Å²) in [6.07, 6.45) is 0. The van der Waals surface area contributed by atoms with Crippen molar-refractivity contribution in [2.45, 2.75) is 0 Å². The molecule has 0 radical (unpaired) electrons. The number of ether oxygens (including phenoxy) is 2. The minimum atomic E-state index is -0.466. The Hall–Kier alpha value is -3.54. The van der Waals surface area contributed by atoms with Crippen molar-refractivity contribution in [1.29, 1.82) is 0 Å². The van der Waals surface area contributed by atoms with E-state index in [-0.39, 0.29) is 6.79 Å². The second kappa shape index (κ2) is 5.24. The van der Waals surface area contributed by atoms with Crippen molar-refractivity contribution in [2.75, 3.05) is 6.79 Å². The van der Waals surface area contributed by atoms with Gasteiger partial charge in [0.05, 0.1) is 0 Å². The summed E-state index contributed by atoms with van der Waals surface area (Å²) < 4.78 is 21.4. The first kappa shape index (κ1) is 13.9. The molecule has 122 valence electrons. The number of fused-ring (bicyclic) bond motifs is 2. The molecule has 0 aliphatic carbocycles. The first-order valence-electron chi connectivity index (χ1n) is 7.68. The minimum Gasteiger partial charge on any atom is -0.454 e. The maximum Gasteiger partial charge on any atom is 0.347 e. The van der Waals surface area contributed by atoms with E-state index in [9.17, 15) is 4.79 Å². The molecule has 25 heavy (non-hydrogen) atoms. The summed E-state index contributed by atoms with van der Waals surface area (Å²) in [6.45, 7) is 0.209. The molecule has 0 amide bonds. The fraction of sp³-hybridized carbons (Fsp3) is 0.0526. The van der Waals surface area contributed by atoms with Crippen molar-refractivity contribution in [3.63, 3.8) is 0 Å². The Morgan fingerprint density at radius 2 is 1.80 bits per heavy atom. The summed E-state index contributed by atoms with van der Waals surface area (Å²) in [7, 11) is 0. The maximum atomic E-state index is 12.2. The van der Waals surface area contributed by atoms with Crippen LogP contribution in [0.2, 0.25) is 0 Å². The molecule has 0 saturated carbocycles. The van der Waals surface area contributed by atoms with Crippen LogP contribution in [0, 0.1) is 0 Å². The van der Waals surface area contributed by atoms with Crippen LogP contribution in [-0.4, -0.2) is 11.9 Å². The molecule has 0 saturated heterocycles. The van der Waals surface area contributed by atoms with E-state index in [1.165, 1.54) is 0 Å². The Bertz CT molecular complexity index is 1160. The molecule has 5 rings (SSSR count). The molecule has 6 nitrogen and oxygen atoms in total. The van der Waals surface area contributed by atoms with E-state index in [1.807, 2.05) is 36.4 Å². The predicted octanol–water partition coefficient (Wildman–Crippen LogP) is 3.84. The van der Waals surface area contributed by atoms with E-state index < -0.39 is 5.63 Å². The van der Waals surface area contributed by atoms with Gasteiger partial charge in [0.1, 0.15) is 16.8 Å². The highest BCUT2D eigenvalue weighted by Crippen LogP contribution is 2.36. The average molecular weight is 333 g/mol. The van der Waals surface area contributed by atoms with Gasteiger partial charge in [-0.2, -0.15) is 0 Å². The highest BCUT2D eigenvalue weighted by Gasteiger charge is 2.17. The van der Waals surface area contributed by atoms with E-state index in [0.29, 0.717) is 34.1 Å². The monoisotopic (exact) mass is 333 g/mol. The van der Waals surface area contributed by atoms with Gasteiger partial charge in [0, 0.05) is 17.0 Å². The third-order valence-electron chi connectivity index (χ3n) is 4.09. The minimum absolute atomic E-state index is 0.209. The van der Waals surface area contributed by atoms with E-state index >= 15 is 0 Å². The highest BCUT2D eigenvalue weighted by molar-refractivity contribution is 5.81. The smallest absolute Gasteiger partial charge is 0.347 e. The van der Waals surface area contributed by atoms with Crippen molar-refractivity contribution >= 4 is 11.0 Å². The molecule has 0 unspecified atom stereocenters. The zero-order chi connectivity index (χ0) is 16.8. The van der Waals surface area contributed by atoms with Crippen LogP contribution in [0.1, 0.15) is 0 Å². The second-order valence-electron chi connectivity index (χ2n) is 5.63. The number of hydrogen-bond acceptors (Lipinski definition) is 6. The van der Waals surface area contributed by atoms with Gasteiger partial charge in [-0.05, 0) is 30.3 Å². The zero-order valence-electron chi connectivity index (χ0n) is 12.9. The van der Waals surface area contributed by atoms with Gasteiger partial charge < -0.3 is 18.4 Å². The Morgan fingerprint density at radius 1 is 0.920 bits per heavy atom. The average Bonchev–Trinajstić information content (AvgIpc) is 3.29. The van der Waals surface area contributed by atoms with E-state index in [2.05, 4.69) is 5.16 Å². The van der Waals surface area contributed by atoms with Crippen molar-refractivity contribution in [2.24, 2.45) is 0 Å². The van der Waals surface area contributed by atoms with Gasteiger partial charge >= 0.3 is 5.63 Å². The molecule has 2 aromatic carbocycles. The first-order valence-corrected chi connectivity index (χ1v) is 7.68. The van der Waals surface area contributed by atoms with Gasteiger partial charge in [-0.25, -0.2) is 4.79 Å². The predicted molar refractivity (Wildman–Crippen MR) is 89.5 cm³/mol. The quantitative estimate of drug-likeness (QED) is 0.519. The van der Waals surface area contributed by atoms with Crippen LogP contribution < -0.4 is 15.1 Å². The molecule has 0 fully saturated rings. The van der Waals surface area contributed by atoms with Gasteiger partial charge in [0.15, 0.2) is 17.3 Å². The molecule has 1 aliphatic heterocycles. The molecular weight excluding hydrogens is 322 g/mol. The van der Waals surface area contributed by atoms with Crippen LogP contribution in [0.25, 0.3) is 33.6 Å². The van der Waals surface area contributed by atoms with Crippen molar-refractivity contribution in [3.8, 4) is 34.1 Å².